The number of halogens is 3. The Labute approximate surface area is 168 Å². The monoisotopic (exact) mass is 425 g/mol. The number of nitrogens with two attached hydrogens (primary N) is 1. The van der Waals surface area contributed by atoms with Crippen molar-refractivity contribution in [2.75, 3.05) is 11.9 Å². The number of rotatable bonds is 4. The summed E-state index contributed by atoms with van der Waals surface area (Å²) in [7, 11) is 0. The quantitative estimate of drug-likeness (QED) is 0.785. The first kappa shape index (κ1) is 19.6. The summed E-state index contributed by atoms with van der Waals surface area (Å²) in [6.07, 6.45) is -0.213. The maximum absolute atomic E-state index is 13.4. The number of hydrogen-bond acceptors (Lipinski definition) is 5. The van der Waals surface area contributed by atoms with Gasteiger partial charge in [-0.15, -0.1) is 0 Å². The number of likely N-dealkylation sites (tertiary alicyclic amines) is 1. The Morgan fingerprint density at radius 2 is 2.07 bits per heavy atom. The first-order valence-electron chi connectivity index (χ1n) is 9.08. The summed E-state index contributed by atoms with van der Waals surface area (Å²) in [5.41, 5.74) is 4.03. The van der Waals surface area contributed by atoms with Crippen molar-refractivity contribution in [1.29, 1.82) is 0 Å². The van der Waals surface area contributed by atoms with Crippen LogP contribution in [0.2, 0.25) is 0 Å². The molecule has 1 aliphatic heterocycles. The lowest BCUT2D eigenvalue weighted by atomic mass is 9.99. The number of thiazole rings is 1. The van der Waals surface area contributed by atoms with Crippen molar-refractivity contribution >= 4 is 28.4 Å². The second-order valence-corrected chi connectivity index (χ2v) is 8.25. The lowest BCUT2D eigenvalue weighted by Gasteiger charge is -2.21. The number of alkyl halides is 3. The molecule has 3 amide bonds. The summed E-state index contributed by atoms with van der Waals surface area (Å²) in [5, 5.41) is 2.92. The van der Waals surface area contributed by atoms with Crippen LogP contribution >= 0.6 is 11.3 Å². The van der Waals surface area contributed by atoms with Crippen molar-refractivity contribution in [2.24, 2.45) is 5.73 Å². The number of aromatic nitrogens is 2. The Balaban J connectivity index is 1.51. The average molecular weight is 425 g/mol. The van der Waals surface area contributed by atoms with E-state index >= 15 is 0 Å². The van der Waals surface area contributed by atoms with Gasteiger partial charge >= 0.3 is 12.2 Å². The molecule has 1 saturated carbocycles. The molecule has 3 N–H and O–H groups in total. The number of nitrogens with one attached hydrogen (secondary N) is 1. The van der Waals surface area contributed by atoms with Crippen molar-refractivity contribution in [3.63, 3.8) is 0 Å². The minimum absolute atomic E-state index is 0.00264. The molecule has 7 nitrogen and oxygen atoms in total. The fourth-order valence-corrected chi connectivity index (χ4v) is 4.39. The molecule has 2 aromatic rings. The Morgan fingerprint density at radius 3 is 2.72 bits per heavy atom. The van der Waals surface area contributed by atoms with Crippen molar-refractivity contribution in [3.8, 4) is 10.4 Å². The number of carbonyl (C=O) groups is 2. The van der Waals surface area contributed by atoms with E-state index < -0.39 is 29.6 Å². The van der Waals surface area contributed by atoms with Crippen LogP contribution in [-0.4, -0.2) is 45.6 Å². The Bertz CT molecular complexity index is 957. The zero-order valence-electron chi connectivity index (χ0n) is 15.2. The van der Waals surface area contributed by atoms with E-state index in [9.17, 15) is 22.8 Å². The molecule has 154 valence electrons. The van der Waals surface area contributed by atoms with Gasteiger partial charge in [-0.2, -0.15) is 13.2 Å². The van der Waals surface area contributed by atoms with Gasteiger partial charge in [-0.3, -0.25) is 15.1 Å². The Kier molecular flexibility index (Phi) is 4.72. The molecule has 0 spiro atoms. The molecular formula is C18H18F3N5O2S. The smallest absolute Gasteiger partial charge is 0.368 e. The van der Waals surface area contributed by atoms with E-state index in [-0.39, 0.29) is 23.7 Å². The predicted molar refractivity (Wildman–Crippen MR) is 100 cm³/mol. The molecule has 0 aromatic carbocycles. The van der Waals surface area contributed by atoms with Gasteiger partial charge in [-0.1, -0.05) is 11.3 Å². The maximum atomic E-state index is 13.4. The van der Waals surface area contributed by atoms with E-state index in [1.54, 1.807) is 6.07 Å². The van der Waals surface area contributed by atoms with Gasteiger partial charge in [-0.05, 0) is 43.4 Å². The van der Waals surface area contributed by atoms with Crippen molar-refractivity contribution in [1.82, 2.24) is 14.9 Å². The summed E-state index contributed by atoms with van der Waals surface area (Å²) in [4.78, 5) is 33.9. The molecule has 1 unspecified atom stereocenters. The van der Waals surface area contributed by atoms with Crippen LogP contribution in [0.3, 0.4) is 0 Å². The highest BCUT2D eigenvalue weighted by Crippen LogP contribution is 2.58. The first-order valence-corrected chi connectivity index (χ1v) is 9.89. The summed E-state index contributed by atoms with van der Waals surface area (Å²) in [5.74, 6) is -0.555. The van der Waals surface area contributed by atoms with E-state index in [4.69, 9.17) is 5.73 Å². The van der Waals surface area contributed by atoms with Gasteiger partial charge in [0.1, 0.15) is 11.5 Å². The molecule has 4 rings (SSSR count). The molecule has 1 atom stereocenters. The van der Waals surface area contributed by atoms with Crippen LogP contribution in [0.4, 0.5) is 23.1 Å². The minimum atomic E-state index is -4.34. The number of anilines is 1. The van der Waals surface area contributed by atoms with Gasteiger partial charge in [-0.25, -0.2) is 9.78 Å². The molecule has 2 aliphatic rings. The lowest BCUT2D eigenvalue weighted by molar-refractivity contribution is -0.161. The van der Waals surface area contributed by atoms with E-state index in [1.807, 2.05) is 0 Å². The molecule has 0 radical (unpaired) electrons. The largest absolute Gasteiger partial charge is 0.399 e. The fourth-order valence-electron chi connectivity index (χ4n) is 3.59. The van der Waals surface area contributed by atoms with E-state index in [0.29, 0.717) is 29.8 Å². The van der Waals surface area contributed by atoms with Crippen LogP contribution in [0, 0.1) is 0 Å². The van der Waals surface area contributed by atoms with Crippen molar-refractivity contribution in [2.45, 2.75) is 43.3 Å². The fraction of sp³-hybridized carbons (Fsp3) is 0.444. The Morgan fingerprint density at radius 1 is 1.31 bits per heavy atom. The zero-order chi connectivity index (χ0) is 20.8. The highest BCUT2D eigenvalue weighted by molar-refractivity contribution is 7.19. The molecule has 2 fully saturated rings. The number of hydrogen-bond donors (Lipinski definition) is 2. The van der Waals surface area contributed by atoms with Gasteiger partial charge in [0.2, 0.25) is 5.91 Å². The highest BCUT2D eigenvalue weighted by Gasteiger charge is 2.65. The van der Waals surface area contributed by atoms with Crippen LogP contribution in [0.25, 0.3) is 10.4 Å². The number of amides is 3. The lowest BCUT2D eigenvalue weighted by Crippen LogP contribution is -2.45. The molecule has 3 heterocycles. The second kappa shape index (κ2) is 6.97. The normalized spacial score (nSPS) is 20.5. The van der Waals surface area contributed by atoms with Crippen LogP contribution in [0.5, 0.6) is 0 Å². The predicted octanol–water partition coefficient (Wildman–Crippen LogP) is 3.28. The molecule has 29 heavy (non-hydrogen) atoms. The molecule has 1 aliphatic carbocycles. The first-order chi connectivity index (χ1) is 13.7. The average Bonchev–Trinajstić information content (AvgIpc) is 3.12. The SMILES string of the molecule is NC(=O)C1CCCN1C(=O)Nc1ncc(-c2ccnc(C3(C(F)(F)F)CC3)c2)s1. The van der Waals surface area contributed by atoms with Gasteiger partial charge in [0.15, 0.2) is 5.13 Å². The highest BCUT2D eigenvalue weighted by atomic mass is 32.1. The molecule has 0 bridgehead atoms. The van der Waals surface area contributed by atoms with Crippen LogP contribution in [0.15, 0.2) is 24.5 Å². The van der Waals surface area contributed by atoms with E-state index in [2.05, 4.69) is 15.3 Å². The third kappa shape index (κ3) is 3.54. The summed E-state index contributed by atoms with van der Waals surface area (Å²) in [6.45, 7) is 0.422. The van der Waals surface area contributed by atoms with Gasteiger partial charge in [0, 0.05) is 18.9 Å². The van der Waals surface area contributed by atoms with Gasteiger partial charge in [0.05, 0.1) is 10.6 Å². The standard InChI is InChI=1S/C18H18F3N5O2S/c19-18(20,21)17(4-5-17)13-8-10(3-6-23-13)12-9-24-15(29-12)25-16(28)26-7-1-2-11(26)14(22)27/h3,6,8-9,11H,1-2,4-5,7H2,(H2,22,27)(H,24,25,28). The summed E-state index contributed by atoms with van der Waals surface area (Å²) >= 11 is 1.14. The molecule has 11 heteroatoms. The van der Waals surface area contributed by atoms with Crippen LogP contribution < -0.4 is 11.1 Å². The van der Waals surface area contributed by atoms with Crippen molar-refractivity contribution < 1.29 is 22.8 Å². The summed E-state index contributed by atoms with van der Waals surface area (Å²) in [6, 6.07) is 1.92. The van der Waals surface area contributed by atoms with E-state index in [1.165, 1.54) is 23.4 Å². The minimum Gasteiger partial charge on any atom is -0.368 e. The third-order valence-corrected chi connectivity index (χ3v) is 6.35. The van der Waals surface area contributed by atoms with Gasteiger partial charge < -0.3 is 10.6 Å². The molecule has 2 aromatic heterocycles. The Hall–Kier alpha value is -2.69. The number of nitrogens with zero attached hydrogens (tertiary/aromatic N) is 3. The number of carbonyl (C=O) groups excluding carboxylic acids is 2. The molecule has 1 saturated heterocycles. The van der Waals surface area contributed by atoms with Gasteiger partial charge in [0.25, 0.3) is 0 Å². The zero-order valence-corrected chi connectivity index (χ0v) is 16.0. The van der Waals surface area contributed by atoms with E-state index in [0.717, 1.165) is 11.3 Å². The number of urea groups is 1. The van der Waals surface area contributed by atoms with Crippen molar-refractivity contribution in [3.05, 3.63) is 30.2 Å². The maximum Gasteiger partial charge on any atom is 0.399 e. The van der Waals surface area contributed by atoms with Crippen LogP contribution in [0.1, 0.15) is 31.4 Å². The summed E-state index contributed by atoms with van der Waals surface area (Å²) < 4.78 is 40.1. The third-order valence-electron chi connectivity index (χ3n) is 5.39. The second-order valence-electron chi connectivity index (χ2n) is 7.22. The molecular weight excluding hydrogens is 407 g/mol. The number of primary amides is 1. The van der Waals surface area contributed by atoms with Crippen LogP contribution in [-0.2, 0) is 10.2 Å². The number of pyridine rings is 1. The topological polar surface area (TPSA) is 101 Å².